The lowest BCUT2D eigenvalue weighted by molar-refractivity contribution is 0.0952. The number of ether oxygens (including phenoxy) is 1. The number of rotatable bonds is 5. The van der Waals surface area contributed by atoms with Crippen molar-refractivity contribution in [3.8, 4) is 5.75 Å². The van der Waals surface area contributed by atoms with E-state index in [4.69, 9.17) is 16.3 Å². The molecule has 0 aliphatic heterocycles. The van der Waals surface area contributed by atoms with Crippen LogP contribution < -0.4 is 10.2 Å². The first-order valence-corrected chi connectivity index (χ1v) is 7.21. The number of carbonyl (C=O) groups excluding carboxylic acids is 1. The van der Waals surface area contributed by atoms with Crippen molar-refractivity contribution in [1.82, 2.24) is 5.43 Å². The van der Waals surface area contributed by atoms with Crippen LogP contribution in [0.3, 0.4) is 0 Å². The second-order valence-electron chi connectivity index (χ2n) is 4.76. The van der Waals surface area contributed by atoms with Gasteiger partial charge in [-0.15, -0.1) is 0 Å². The number of hydrazone groups is 1. The standard InChI is InChI=1S/C17H17ClN2O2/c1-12(13-6-4-3-5-7-13)11-19-20-17(21)15-10-14(18)8-9-16(15)22-2/h3-12H,1-2H3,(H,20,21). The van der Waals surface area contributed by atoms with Crippen molar-refractivity contribution in [1.29, 1.82) is 0 Å². The first kappa shape index (κ1) is 16.0. The highest BCUT2D eigenvalue weighted by Crippen LogP contribution is 2.22. The summed E-state index contributed by atoms with van der Waals surface area (Å²) in [7, 11) is 1.50. The highest BCUT2D eigenvalue weighted by molar-refractivity contribution is 6.31. The molecule has 22 heavy (non-hydrogen) atoms. The number of methoxy groups -OCH3 is 1. The Kier molecular flexibility index (Phi) is 5.55. The second kappa shape index (κ2) is 7.61. The van der Waals surface area contributed by atoms with Crippen LogP contribution in [-0.2, 0) is 0 Å². The molecule has 2 aromatic carbocycles. The van der Waals surface area contributed by atoms with E-state index in [1.165, 1.54) is 7.11 Å². The predicted octanol–water partition coefficient (Wildman–Crippen LogP) is 3.87. The average molecular weight is 317 g/mol. The van der Waals surface area contributed by atoms with Gasteiger partial charge in [-0.1, -0.05) is 48.9 Å². The average Bonchev–Trinajstić information content (AvgIpc) is 2.55. The third kappa shape index (κ3) is 4.09. The molecule has 1 atom stereocenters. The normalized spacial score (nSPS) is 12.1. The summed E-state index contributed by atoms with van der Waals surface area (Å²) in [5, 5.41) is 4.47. The van der Waals surface area contributed by atoms with Crippen LogP contribution in [0.1, 0.15) is 28.8 Å². The lowest BCUT2D eigenvalue weighted by Gasteiger charge is -2.08. The molecule has 0 fully saturated rings. The van der Waals surface area contributed by atoms with Crippen molar-refractivity contribution in [2.75, 3.05) is 7.11 Å². The number of hydrogen-bond donors (Lipinski definition) is 1. The lowest BCUT2D eigenvalue weighted by Crippen LogP contribution is -2.19. The van der Waals surface area contributed by atoms with Gasteiger partial charge in [0.1, 0.15) is 5.75 Å². The number of nitrogens with zero attached hydrogens (tertiary/aromatic N) is 1. The Morgan fingerprint density at radius 1 is 1.27 bits per heavy atom. The molecule has 0 radical (unpaired) electrons. The SMILES string of the molecule is COc1ccc(Cl)cc1C(=O)NN=CC(C)c1ccccc1. The molecule has 5 heteroatoms. The molecule has 2 aromatic rings. The largest absolute Gasteiger partial charge is 0.496 e. The molecule has 0 aliphatic carbocycles. The van der Waals surface area contributed by atoms with Crippen LogP contribution >= 0.6 is 11.6 Å². The summed E-state index contributed by atoms with van der Waals surface area (Å²) >= 11 is 5.91. The number of nitrogens with one attached hydrogen (secondary N) is 1. The summed E-state index contributed by atoms with van der Waals surface area (Å²) in [5.41, 5.74) is 3.97. The van der Waals surface area contributed by atoms with Gasteiger partial charge >= 0.3 is 0 Å². The van der Waals surface area contributed by atoms with Crippen molar-refractivity contribution >= 4 is 23.7 Å². The fourth-order valence-electron chi connectivity index (χ4n) is 1.97. The van der Waals surface area contributed by atoms with Gasteiger partial charge in [0.05, 0.1) is 12.7 Å². The van der Waals surface area contributed by atoms with E-state index in [0.29, 0.717) is 16.3 Å². The number of amides is 1. The molecule has 0 spiro atoms. The van der Waals surface area contributed by atoms with Crippen LogP contribution in [0, 0.1) is 0 Å². The highest BCUT2D eigenvalue weighted by atomic mass is 35.5. The Morgan fingerprint density at radius 3 is 2.68 bits per heavy atom. The zero-order valence-electron chi connectivity index (χ0n) is 12.4. The zero-order chi connectivity index (χ0) is 15.9. The van der Waals surface area contributed by atoms with E-state index in [2.05, 4.69) is 10.5 Å². The van der Waals surface area contributed by atoms with Crippen molar-refractivity contribution in [2.24, 2.45) is 5.10 Å². The van der Waals surface area contributed by atoms with Gasteiger partial charge < -0.3 is 4.74 Å². The molecule has 2 rings (SSSR count). The number of hydrogen-bond acceptors (Lipinski definition) is 3. The minimum Gasteiger partial charge on any atom is -0.496 e. The third-order valence-electron chi connectivity index (χ3n) is 3.20. The van der Waals surface area contributed by atoms with Crippen LogP contribution in [0.4, 0.5) is 0 Å². The topological polar surface area (TPSA) is 50.7 Å². The Labute approximate surface area is 134 Å². The summed E-state index contributed by atoms with van der Waals surface area (Å²) in [6.07, 6.45) is 1.68. The van der Waals surface area contributed by atoms with Crippen molar-refractivity contribution < 1.29 is 9.53 Å². The van der Waals surface area contributed by atoms with E-state index in [1.807, 2.05) is 37.3 Å². The summed E-state index contributed by atoms with van der Waals surface area (Å²) in [4.78, 5) is 12.1. The molecule has 1 N–H and O–H groups in total. The van der Waals surface area contributed by atoms with Crippen LogP contribution in [0.5, 0.6) is 5.75 Å². The molecule has 114 valence electrons. The van der Waals surface area contributed by atoms with Crippen LogP contribution in [0.15, 0.2) is 53.6 Å². The molecule has 0 aliphatic rings. The molecular weight excluding hydrogens is 300 g/mol. The Hall–Kier alpha value is -2.33. The van der Waals surface area contributed by atoms with E-state index in [1.54, 1.807) is 24.4 Å². The molecule has 4 nitrogen and oxygen atoms in total. The van der Waals surface area contributed by atoms with Gasteiger partial charge in [-0.25, -0.2) is 5.43 Å². The van der Waals surface area contributed by atoms with Crippen molar-refractivity contribution in [3.05, 3.63) is 64.7 Å². The first-order valence-electron chi connectivity index (χ1n) is 6.84. The maximum absolute atomic E-state index is 12.1. The fourth-order valence-corrected chi connectivity index (χ4v) is 2.14. The first-order chi connectivity index (χ1) is 10.6. The second-order valence-corrected chi connectivity index (χ2v) is 5.20. The molecule has 0 saturated heterocycles. The minimum absolute atomic E-state index is 0.0998. The summed E-state index contributed by atoms with van der Waals surface area (Å²) < 4.78 is 5.15. The van der Waals surface area contributed by atoms with E-state index < -0.39 is 0 Å². The summed E-state index contributed by atoms with van der Waals surface area (Å²) in [6.45, 7) is 2.00. The van der Waals surface area contributed by atoms with Crippen molar-refractivity contribution in [2.45, 2.75) is 12.8 Å². The maximum Gasteiger partial charge on any atom is 0.275 e. The monoisotopic (exact) mass is 316 g/mol. The number of benzene rings is 2. The van der Waals surface area contributed by atoms with E-state index in [0.717, 1.165) is 5.56 Å². The van der Waals surface area contributed by atoms with E-state index in [9.17, 15) is 4.79 Å². The Bertz CT molecular complexity index is 672. The minimum atomic E-state index is -0.365. The third-order valence-corrected chi connectivity index (χ3v) is 3.43. The molecule has 1 unspecified atom stereocenters. The number of halogens is 1. The number of carbonyl (C=O) groups is 1. The smallest absolute Gasteiger partial charge is 0.275 e. The van der Waals surface area contributed by atoms with Crippen molar-refractivity contribution in [3.63, 3.8) is 0 Å². The van der Waals surface area contributed by atoms with Crippen LogP contribution in [0.2, 0.25) is 5.02 Å². The summed E-state index contributed by atoms with van der Waals surface area (Å²) in [6, 6.07) is 14.8. The maximum atomic E-state index is 12.1. The fraction of sp³-hybridized carbons (Fsp3) is 0.176. The van der Waals surface area contributed by atoms with Gasteiger partial charge in [-0.05, 0) is 23.8 Å². The van der Waals surface area contributed by atoms with Gasteiger partial charge in [0.2, 0.25) is 0 Å². The summed E-state index contributed by atoms with van der Waals surface area (Å²) in [5.74, 6) is 0.187. The van der Waals surface area contributed by atoms with E-state index >= 15 is 0 Å². The van der Waals surface area contributed by atoms with Crippen LogP contribution in [-0.4, -0.2) is 19.2 Å². The van der Waals surface area contributed by atoms with Gasteiger partial charge in [-0.3, -0.25) is 4.79 Å². The quantitative estimate of drug-likeness (QED) is 0.672. The van der Waals surface area contributed by atoms with Gasteiger partial charge in [0.15, 0.2) is 0 Å². The highest BCUT2D eigenvalue weighted by Gasteiger charge is 2.12. The predicted molar refractivity (Wildman–Crippen MR) is 88.8 cm³/mol. The van der Waals surface area contributed by atoms with Gasteiger partial charge in [0, 0.05) is 17.2 Å². The Balaban J connectivity index is 2.04. The molecule has 0 aromatic heterocycles. The van der Waals surface area contributed by atoms with Crippen LogP contribution in [0.25, 0.3) is 0 Å². The zero-order valence-corrected chi connectivity index (χ0v) is 13.2. The Morgan fingerprint density at radius 2 is 2.00 bits per heavy atom. The molecular formula is C17H17ClN2O2. The van der Waals surface area contributed by atoms with Gasteiger partial charge in [0.25, 0.3) is 5.91 Å². The molecule has 1 amide bonds. The molecule has 0 heterocycles. The molecule has 0 saturated carbocycles. The van der Waals surface area contributed by atoms with Gasteiger partial charge in [-0.2, -0.15) is 5.10 Å². The van der Waals surface area contributed by atoms with E-state index in [-0.39, 0.29) is 11.8 Å². The lowest BCUT2D eigenvalue weighted by atomic mass is 10.0. The molecule has 0 bridgehead atoms.